The van der Waals surface area contributed by atoms with Crippen LogP contribution in [0.5, 0.6) is 0 Å². The lowest BCUT2D eigenvalue weighted by molar-refractivity contribution is -0.130. The third-order valence-corrected chi connectivity index (χ3v) is 4.51. The summed E-state index contributed by atoms with van der Waals surface area (Å²) in [5.41, 5.74) is 6.26. The molecule has 0 saturated carbocycles. The normalized spacial score (nSPS) is 19.9. The minimum Gasteiger partial charge on any atom is -0.381 e. The van der Waals surface area contributed by atoms with Gasteiger partial charge in [-0.15, -0.1) is 11.3 Å². The number of carbonyl (C=O) groups excluding carboxylic acids is 1. The summed E-state index contributed by atoms with van der Waals surface area (Å²) in [4.78, 5) is 16.8. The van der Waals surface area contributed by atoms with Crippen molar-refractivity contribution in [2.75, 3.05) is 13.2 Å². The van der Waals surface area contributed by atoms with Gasteiger partial charge in [0.05, 0.1) is 22.3 Å². The zero-order valence-electron chi connectivity index (χ0n) is 11.4. The molecular weight excluding hydrogens is 262 g/mol. The van der Waals surface area contributed by atoms with Crippen molar-refractivity contribution in [1.29, 1.82) is 0 Å². The van der Waals surface area contributed by atoms with Crippen molar-refractivity contribution < 1.29 is 9.53 Å². The molecule has 0 aliphatic carbocycles. The van der Waals surface area contributed by atoms with Gasteiger partial charge in [-0.1, -0.05) is 6.92 Å². The maximum atomic E-state index is 12.3. The quantitative estimate of drug-likeness (QED) is 0.875. The fourth-order valence-electron chi connectivity index (χ4n) is 2.06. The van der Waals surface area contributed by atoms with E-state index in [1.165, 1.54) is 0 Å². The molecule has 19 heavy (non-hydrogen) atoms. The third kappa shape index (κ3) is 3.32. The summed E-state index contributed by atoms with van der Waals surface area (Å²) in [6, 6.07) is -0.104. The number of carbonyl (C=O) groups is 1. The standard InChI is InChI=1S/C13H21N3O2S/c1-3-11-16-10(8-19-11)9(2)15-12(17)13(14)4-6-18-7-5-13/h8-9H,3-7,14H2,1-2H3,(H,15,17). The third-order valence-electron chi connectivity index (χ3n) is 3.50. The molecule has 1 saturated heterocycles. The molecule has 0 bridgehead atoms. The van der Waals surface area contributed by atoms with E-state index in [4.69, 9.17) is 10.5 Å². The predicted molar refractivity (Wildman–Crippen MR) is 75.0 cm³/mol. The fourth-order valence-corrected chi connectivity index (χ4v) is 2.90. The van der Waals surface area contributed by atoms with E-state index in [0.29, 0.717) is 26.1 Å². The van der Waals surface area contributed by atoms with Gasteiger partial charge in [-0.3, -0.25) is 4.79 Å². The lowest BCUT2D eigenvalue weighted by atomic mass is 9.90. The molecule has 0 aromatic carbocycles. The second kappa shape index (κ2) is 5.98. The molecule has 1 amide bonds. The first-order chi connectivity index (χ1) is 9.05. The average molecular weight is 283 g/mol. The molecule has 106 valence electrons. The zero-order chi connectivity index (χ0) is 13.9. The van der Waals surface area contributed by atoms with Gasteiger partial charge in [0.25, 0.3) is 0 Å². The molecular formula is C13H21N3O2S. The number of ether oxygens (including phenoxy) is 1. The highest BCUT2D eigenvalue weighted by atomic mass is 32.1. The highest BCUT2D eigenvalue weighted by Crippen LogP contribution is 2.21. The summed E-state index contributed by atoms with van der Waals surface area (Å²) in [6.45, 7) is 5.11. The van der Waals surface area contributed by atoms with Crippen molar-refractivity contribution in [3.05, 3.63) is 16.1 Å². The van der Waals surface area contributed by atoms with Crippen LogP contribution < -0.4 is 11.1 Å². The van der Waals surface area contributed by atoms with Crippen molar-refractivity contribution in [2.45, 2.75) is 44.7 Å². The zero-order valence-corrected chi connectivity index (χ0v) is 12.3. The van der Waals surface area contributed by atoms with Gasteiger partial charge < -0.3 is 15.8 Å². The Bertz CT molecular complexity index is 441. The molecule has 1 fully saturated rings. The molecule has 1 unspecified atom stereocenters. The number of thiazole rings is 1. The largest absolute Gasteiger partial charge is 0.381 e. The minimum absolute atomic E-state index is 0.102. The molecule has 5 nitrogen and oxygen atoms in total. The number of aryl methyl sites for hydroxylation is 1. The molecule has 1 aromatic rings. The van der Waals surface area contributed by atoms with E-state index in [-0.39, 0.29) is 11.9 Å². The van der Waals surface area contributed by atoms with Crippen molar-refractivity contribution >= 4 is 17.2 Å². The Morgan fingerprint density at radius 3 is 2.89 bits per heavy atom. The Hall–Kier alpha value is -0.980. The number of nitrogens with one attached hydrogen (secondary N) is 1. The van der Waals surface area contributed by atoms with Crippen LogP contribution in [0.15, 0.2) is 5.38 Å². The number of hydrogen-bond donors (Lipinski definition) is 2. The minimum atomic E-state index is -0.796. The first-order valence-corrected chi connectivity index (χ1v) is 7.55. The maximum Gasteiger partial charge on any atom is 0.240 e. The van der Waals surface area contributed by atoms with Crippen LogP contribution in [-0.2, 0) is 16.0 Å². The summed E-state index contributed by atoms with van der Waals surface area (Å²) in [5, 5.41) is 6.05. The molecule has 1 aliphatic rings. The average Bonchev–Trinajstić information content (AvgIpc) is 2.88. The summed E-state index contributed by atoms with van der Waals surface area (Å²) >= 11 is 1.63. The lowest BCUT2D eigenvalue weighted by Gasteiger charge is -2.32. The number of nitrogens with zero attached hydrogens (tertiary/aromatic N) is 1. The lowest BCUT2D eigenvalue weighted by Crippen LogP contribution is -2.57. The van der Waals surface area contributed by atoms with Crippen LogP contribution in [0, 0.1) is 0 Å². The van der Waals surface area contributed by atoms with Gasteiger partial charge >= 0.3 is 0 Å². The number of hydrogen-bond acceptors (Lipinski definition) is 5. The van der Waals surface area contributed by atoms with Crippen LogP contribution in [0.3, 0.4) is 0 Å². The number of aromatic nitrogens is 1. The van der Waals surface area contributed by atoms with Crippen molar-refractivity contribution in [3.8, 4) is 0 Å². The molecule has 2 heterocycles. The van der Waals surface area contributed by atoms with Gasteiger partial charge in [-0.2, -0.15) is 0 Å². The van der Waals surface area contributed by atoms with E-state index in [2.05, 4.69) is 17.2 Å². The van der Waals surface area contributed by atoms with Crippen LogP contribution in [-0.4, -0.2) is 29.6 Å². The van der Waals surface area contributed by atoms with E-state index in [1.807, 2.05) is 12.3 Å². The SMILES string of the molecule is CCc1nc(C(C)NC(=O)C2(N)CCOCC2)cs1. The van der Waals surface area contributed by atoms with Gasteiger partial charge in [0.15, 0.2) is 0 Å². The van der Waals surface area contributed by atoms with Gasteiger partial charge in [0.1, 0.15) is 0 Å². The fraction of sp³-hybridized carbons (Fsp3) is 0.692. The number of amides is 1. The molecule has 1 aromatic heterocycles. The van der Waals surface area contributed by atoms with Gasteiger partial charge in [-0.05, 0) is 26.2 Å². The number of rotatable bonds is 4. The number of nitrogens with two attached hydrogens (primary N) is 1. The van der Waals surface area contributed by atoms with Gasteiger partial charge in [0, 0.05) is 18.6 Å². The van der Waals surface area contributed by atoms with Crippen molar-refractivity contribution in [3.63, 3.8) is 0 Å². The molecule has 2 rings (SSSR count). The molecule has 1 aliphatic heterocycles. The van der Waals surface area contributed by atoms with Crippen LogP contribution in [0.25, 0.3) is 0 Å². The second-order valence-electron chi connectivity index (χ2n) is 4.98. The van der Waals surface area contributed by atoms with Crippen LogP contribution >= 0.6 is 11.3 Å². The summed E-state index contributed by atoms with van der Waals surface area (Å²) in [5.74, 6) is -0.102. The monoisotopic (exact) mass is 283 g/mol. The van der Waals surface area contributed by atoms with Gasteiger partial charge in [0.2, 0.25) is 5.91 Å². The van der Waals surface area contributed by atoms with Gasteiger partial charge in [-0.25, -0.2) is 4.98 Å². The molecule has 0 spiro atoms. The van der Waals surface area contributed by atoms with Crippen LogP contribution in [0.1, 0.15) is 43.4 Å². The maximum absolute atomic E-state index is 12.3. The smallest absolute Gasteiger partial charge is 0.240 e. The van der Waals surface area contributed by atoms with Crippen molar-refractivity contribution in [1.82, 2.24) is 10.3 Å². The van der Waals surface area contributed by atoms with E-state index in [9.17, 15) is 4.79 Å². The van der Waals surface area contributed by atoms with E-state index >= 15 is 0 Å². The first-order valence-electron chi connectivity index (χ1n) is 6.67. The predicted octanol–water partition coefficient (Wildman–Crippen LogP) is 1.39. The highest BCUT2D eigenvalue weighted by molar-refractivity contribution is 7.09. The first kappa shape index (κ1) is 14.4. The molecule has 6 heteroatoms. The highest BCUT2D eigenvalue weighted by Gasteiger charge is 2.36. The Balaban J connectivity index is 1.97. The Morgan fingerprint density at radius 2 is 2.32 bits per heavy atom. The summed E-state index contributed by atoms with van der Waals surface area (Å²) in [6.07, 6.45) is 2.06. The molecule has 1 atom stereocenters. The van der Waals surface area contributed by atoms with E-state index in [1.54, 1.807) is 11.3 Å². The second-order valence-corrected chi connectivity index (χ2v) is 5.93. The summed E-state index contributed by atoms with van der Waals surface area (Å²) in [7, 11) is 0. The Labute approximate surface area is 117 Å². The van der Waals surface area contributed by atoms with Crippen molar-refractivity contribution in [2.24, 2.45) is 5.73 Å². The topological polar surface area (TPSA) is 77.2 Å². The van der Waals surface area contributed by atoms with Crippen LogP contribution in [0.2, 0.25) is 0 Å². The Morgan fingerprint density at radius 1 is 1.63 bits per heavy atom. The van der Waals surface area contributed by atoms with E-state index < -0.39 is 5.54 Å². The summed E-state index contributed by atoms with van der Waals surface area (Å²) < 4.78 is 5.25. The van der Waals surface area contributed by atoms with E-state index in [0.717, 1.165) is 17.1 Å². The molecule has 3 N–H and O–H groups in total. The van der Waals surface area contributed by atoms with Crippen LogP contribution in [0.4, 0.5) is 0 Å². The Kier molecular flexibility index (Phi) is 4.54. The molecule has 0 radical (unpaired) electrons.